The summed E-state index contributed by atoms with van der Waals surface area (Å²) in [7, 11) is 0. The zero-order valence-electron chi connectivity index (χ0n) is 10.6. The molecule has 5 nitrogen and oxygen atoms in total. The minimum absolute atomic E-state index is 0.0194. The van der Waals surface area contributed by atoms with Gasteiger partial charge in [-0.25, -0.2) is 4.98 Å². The fourth-order valence-corrected chi connectivity index (χ4v) is 2.86. The molecule has 0 bridgehead atoms. The fourth-order valence-electron chi connectivity index (χ4n) is 1.90. The number of nitrogens with one attached hydrogen (secondary N) is 1. The average molecular weight is 321 g/mol. The predicted molar refractivity (Wildman–Crippen MR) is 81.4 cm³/mol. The molecule has 0 saturated carbocycles. The van der Waals surface area contributed by atoms with Crippen molar-refractivity contribution >= 4 is 39.4 Å². The smallest absolute Gasteiger partial charge is 0.268 e. The second-order valence-corrected chi connectivity index (χ2v) is 5.54. The van der Waals surface area contributed by atoms with E-state index in [1.54, 1.807) is 29.6 Å². The molecule has 0 unspecified atom stereocenters. The van der Waals surface area contributed by atoms with Crippen molar-refractivity contribution in [1.82, 2.24) is 9.97 Å². The maximum atomic E-state index is 11.8. The van der Waals surface area contributed by atoms with Gasteiger partial charge in [0.05, 0.1) is 16.1 Å². The summed E-state index contributed by atoms with van der Waals surface area (Å²) in [5.74, 6) is 0.657. The largest absolute Gasteiger partial charge is 0.483 e. The molecule has 0 aliphatic rings. The second-order valence-electron chi connectivity index (χ2n) is 4.21. The van der Waals surface area contributed by atoms with Crippen molar-refractivity contribution in [3.8, 4) is 5.75 Å². The molecule has 0 saturated heterocycles. The van der Waals surface area contributed by atoms with Gasteiger partial charge in [-0.15, -0.1) is 11.3 Å². The number of fused-ring (bicyclic) bond motifs is 1. The third kappa shape index (κ3) is 2.68. The topological polar surface area (TPSA) is 72.0 Å². The summed E-state index contributed by atoms with van der Waals surface area (Å²) >= 11 is 7.34. The van der Waals surface area contributed by atoms with E-state index in [9.17, 15) is 9.59 Å². The van der Waals surface area contributed by atoms with Crippen molar-refractivity contribution in [3.05, 3.63) is 56.4 Å². The molecule has 0 spiro atoms. The van der Waals surface area contributed by atoms with Crippen molar-refractivity contribution in [2.45, 2.75) is 6.61 Å². The number of carbonyl (C=O) groups excluding carboxylic acids is 1. The summed E-state index contributed by atoms with van der Waals surface area (Å²) in [6.07, 6.45) is 0.666. The first-order chi connectivity index (χ1) is 10.2. The molecule has 0 amide bonds. The van der Waals surface area contributed by atoms with Crippen LogP contribution in [-0.2, 0) is 6.61 Å². The van der Waals surface area contributed by atoms with Gasteiger partial charge in [0.15, 0.2) is 6.29 Å². The molecule has 0 radical (unpaired) electrons. The Bertz CT molecular complexity index is 872. The van der Waals surface area contributed by atoms with Crippen LogP contribution < -0.4 is 10.3 Å². The summed E-state index contributed by atoms with van der Waals surface area (Å²) in [5, 5.41) is 2.13. The number of H-pyrrole nitrogens is 1. The number of nitrogens with zero attached hydrogens (tertiary/aromatic N) is 1. The lowest BCUT2D eigenvalue weighted by molar-refractivity contribution is 0.111. The lowest BCUT2D eigenvalue weighted by Gasteiger charge is -2.09. The molecule has 2 heterocycles. The van der Waals surface area contributed by atoms with Crippen molar-refractivity contribution in [3.63, 3.8) is 0 Å². The number of para-hydroxylation sites is 1. The molecular weight excluding hydrogens is 312 g/mol. The van der Waals surface area contributed by atoms with Gasteiger partial charge < -0.3 is 9.72 Å². The maximum Gasteiger partial charge on any atom is 0.268 e. The standard InChI is InChI=1S/C14H9ClN2O3S/c15-9-3-1-2-8(6-18)12(9)20-7-11-16-10-4-5-21-13(10)14(19)17-11/h1-6H,7H2,(H,16,17,19). The number of hydrogen-bond acceptors (Lipinski definition) is 5. The van der Waals surface area contributed by atoms with E-state index >= 15 is 0 Å². The van der Waals surface area contributed by atoms with Crippen LogP contribution in [0.3, 0.4) is 0 Å². The third-order valence-corrected chi connectivity index (χ3v) is 4.04. The van der Waals surface area contributed by atoms with Gasteiger partial charge in [0.1, 0.15) is 22.9 Å². The Morgan fingerprint density at radius 2 is 2.24 bits per heavy atom. The Balaban J connectivity index is 1.90. The predicted octanol–water partition coefficient (Wildman–Crippen LogP) is 3.03. The molecule has 3 rings (SSSR count). The number of aldehydes is 1. The van der Waals surface area contributed by atoms with Crippen LogP contribution in [0, 0.1) is 0 Å². The first-order valence-corrected chi connectivity index (χ1v) is 7.27. The summed E-state index contributed by atoms with van der Waals surface area (Å²) in [4.78, 5) is 29.8. The lowest BCUT2D eigenvalue weighted by Crippen LogP contribution is -2.12. The van der Waals surface area contributed by atoms with Crippen molar-refractivity contribution in [1.29, 1.82) is 0 Å². The van der Waals surface area contributed by atoms with Crippen LogP contribution >= 0.6 is 22.9 Å². The molecule has 0 fully saturated rings. The molecule has 1 N–H and O–H groups in total. The SMILES string of the molecule is O=Cc1cccc(Cl)c1OCc1nc2ccsc2c(=O)[nH]1. The molecular formula is C14H9ClN2O3S. The summed E-state index contributed by atoms with van der Waals surface area (Å²) in [5.41, 5.74) is 0.766. The highest BCUT2D eigenvalue weighted by molar-refractivity contribution is 7.17. The van der Waals surface area contributed by atoms with E-state index in [1.165, 1.54) is 11.3 Å². The van der Waals surface area contributed by atoms with Gasteiger partial charge in [0.25, 0.3) is 5.56 Å². The monoisotopic (exact) mass is 320 g/mol. The van der Waals surface area contributed by atoms with Gasteiger partial charge in [0, 0.05) is 0 Å². The summed E-state index contributed by atoms with van der Waals surface area (Å²) in [6, 6.07) is 6.66. The van der Waals surface area contributed by atoms with E-state index in [1.807, 2.05) is 0 Å². The Morgan fingerprint density at radius 1 is 1.38 bits per heavy atom. The van der Waals surface area contributed by atoms with E-state index in [4.69, 9.17) is 16.3 Å². The highest BCUT2D eigenvalue weighted by atomic mass is 35.5. The molecule has 0 aliphatic carbocycles. The molecule has 2 aromatic heterocycles. The van der Waals surface area contributed by atoms with Crippen molar-refractivity contribution < 1.29 is 9.53 Å². The Kier molecular flexibility index (Phi) is 3.72. The first-order valence-electron chi connectivity index (χ1n) is 6.02. The van der Waals surface area contributed by atoms with E-state index in [0.717, 1.165) is 0 Å². The van der Waals surface area contributed by atoms with Crippen molar-refractivity contribution in [2.24, 2.45) is 0 Å². The van der Waals surface area contributed by atoms with Crippen LogP contribution in [0.1, 0.15) is 16.2 Å². The van der Waals surface area contributed by atoms with Crippen LogP contribution in [0.25, 0.3) is 10.2 Å². The zero-order valence-corrected chi connectivity index (χ0v) is 12.2. The molecule has 106 valence electrons. The number of halogens is 1. The lowest BCUT2D eigenvalue weighted by atomic mass is 10.2. The number of ether oxygens (including phenoxy) is 1. The zero-order chi connectivity index (χ0) is 14.8. The van der Waals surface area contributed by atoms with Gasteiger partial charge in [0.2, 0.25) is 0 Å². The van der Waals surface area contributed by atoms with Gasteiger partial charge >= 0.3 is 0 Å². The molecule has 0 aliphatic heterocycles. The molecule has 21 heavy (non-hydrogen) atoms. The van der Waals surface area contributed by atoms with Crippen molar-refractivity contribution in [2.75, 3.05) is 0 Å². The first kappa shape index (κ1) is 13.8. The maximum absolute atomic E-state index is 11.8. The van der Waals surface area contributed by atoms with Gasteiger partial charge in [-0.2, -0.15) is 0 Å². The molecule has 3 aromatic rings. The fraction of sp³-hybridized carbons (Fsp3) is 0.0714. The van der Waals surface area contributed by atoms with Gasteiger partial charge in [-0.3, -0.25) is 9.59 Å². The Labute approximate surface area is 128 Å². The van der Waals surface area contributed by atoms with Crippen LogP contribution in [-0.4, -0.2) is 16.3 Å². The number of aromatic nitrogens is 2. The Morgan fingerprint density at radius 3 is 3.05 bits per heavy atom. The highest BCUT2D eigenvalue weighted by Crippen LogP contribution is 2.28. The number of aromatic amines is 1. The van der Waals surface area contributed by atoms with E-state index in [0.29, 0.717) is 32.9 Å². The summed E-state index contributed by atoms with van der Waals surface area (Å²) < 4.78 is 6.11. The summed E-state index contributed by atoms with van der Waals surface area (Å²) in [6.45, 7) is 0.0194. The number of benzene rings is 1. The number of carbonyl (C=O) groups is 1. The van der Waals surface area contributed by atoms with Gasteiger partial charge in [-0.1, -0.05) is 17.7 Å². The van der Waals surface area contributed by atoms with E-state index in [-0.39, 0.29) is 17.9 Å². The number of hydrogen-bond donors (Lipinski definition) is 1. The minimum Gasteiger partial charge on any atom is -0.483 e. The van der Waals surface area contributed by atoms with Crippen LogP contribution in [0.2, 0.25) is 5.02 Å². The number of rotatable bonds is 4. The van der Waals surface area contributed by atoms with Crippen LogP contribution in [0.15, 0.2) is 34.4 Å². The van der Waals surface area contributed by atoms with Crippen LogP contribution in [0.5, 0.6) is 5.75 Å². The van der Waals surface area contributed by atoms with E-state index in [2.05, 4.69) is 9.97 Å². The van der Waals surface area contributed by atoms with Gasteiger partial charge in [-0.05, 0) is 23.6 Å². The molecule has 0 atom stereocenters. The minimum atomic E-state index is -0.205. The van der Waals surface area contributed by atoms with Crippen LogP contribution in [0.4, 0.5) is 0 Å². The third-order valence-electron chi connectivity index (χ3n) is 2.84. The Hall–Kier alpha value is -2.18. The quantitative estimate of drug-likeness (QED) is 0.750. The normalized spacial score (nSPS) is 10.7. The molecule has 7 heteroatoms. The average Bonchev–Trinajstić information content (AvgIpc) is 2.94. The van der Waals surface area contributed by atoms with E-state index < -0.39 is 0 Å². The molecule has 1 aromatic carbocycles. The second kappa shape index (κ2) is 5.67. The highest BCUT2D eigenvalue weighted by Gasteiger charge is 2.10. The number of thiophene rings is 1.